The van der Waals surface area contributed by atoms with E-state index < -0.39 is 0 Å². The maximum atomic E-state index is 13.3. The molecule has 3 aromatic rings. The highest BCUT2D eigenvalue weighted by atomic mass is 79.9. The fourth-order valence-electron chi connectivity index (χ4n) is 2.14. The molecule has 0 aliphatic rings. The molecule has 0 saturated carbocycles. The van der Waals surface area contributed by atoms with E-state index in [9.17, 15) is 9.18 Å². The Balaban J connectivity index is 1.60. The number of hydrogen-bond acceptors (Lipinski definition) is 4. The van der Waals surface area contributed by atoms with Crippen molar-refractivity contribution in [3.8, 4) is 11.3 Å². The molecule has 1 aromatic heterocycles. The van der Waals surface area contributed by atoms with Gasteiger partial charge >= 0.3 is 0 Å². The number of nitrogens with one attached hydrogen (secondary N) is 1. The predicted octanol–water partition coefficient (Wildman–Crippen LogP) is 5.28. The van der Waals surface area contributed by atoms with E-state index in [4.69, 9.17) is 4.42 Å². The van der Waals surface area contributed by atoms with E-state index in [-0.39, 0.29) is 17.5 Å². The minimum absolute atomic E-state index is 0.119. The van der Waals surface area contributed by atoms with Crippen LogP contribution in [0.2, 0.25) is 0 Å². The van der Waals surface area contributed by atoms with Crippen LogP contribution in [0.15, 0.2) is 62.8 Å². The normalized spacial score (nSPS) is 10.7. The summed E-state index contributed by atoms with van der Waals surface area (Å²) in [5.41, 5.74) is 2.16. The average Bonchev–Trinajstić information content (AvgIpc) is 3.05. The minimum atomic E-state index is -0.389. The number of aromatic nitrogens is 1. The van der Waals surface area contributed by atoms with Crippen LogP contribution in [0.5, 0.6) is 0 Å². The Morgan fingerprint density at radius 3 is 2.96 bits per heavy atom. The van der Waals surface area contributed by atoms with Crippen LogP contribution in [-0.2, 0) is 4.79 Å². The topological polar surface area (TPSA) is 55.1 Å². The smallest absolute Gasteiger partial charge is 0.256 e. The SMILES string of the molecule is Cc1ccc(F)cc1NC(=O)CSc1ncc(-c2cccc(Br)c2)o1. The molecule has 25 heavy (non-hydrogen) atoms. The zero-order chi connectivity index (χ0) is 17.8. The Bertz CT molecular complexity index is 914. The summed E-state index contributed by atoms with van der Waals surface area (Å²) in [6.45, 7) is 1.81. The van der Waals surface area contributed by atoms with E-state index in [0.717, 1.165) is 15.6 Å². The monoisotopic (exact) mass is 420 g/mol. The van der Waals surface area contributed by atoms with Crippen LogP contribution < -0.4 is 5.32 Å². The lowest BCUT2D eigenvalue weighted by molar-refractivity contribution is -0.113. The van der Waals surface area contributed by atoms with Gasteiger partial charge in [-0.2, -0.15) is 0 Å². The average molecular weight is 421 g/mol. The van der Waals surface area contributed by atoms with Gasteiger partial charge in [-0.25, -0.2) is 9.37 Å². The van der Waals surface area contributed by atoms with Gasteiger partial charge in [0, 0.05) is 15.7 Å². The van der Waals surface area contributed by atoms with Crippen LogP contribution in [0.3, 0.4) is 0 Å². The first-order chi connectivity index (χ1) is 12.0. The van der Waals surface area contributed by atoms with E-state index in [1.807, 2.05) is 24.3 Å². The molecule has 0 aliphatic heterocycles. The number of amides is 1. The number of hydrogen-bond donors (Lipinski definition) is 1. The summed E-state index contributed by atoms with van der Waals surface area (Å²) in [5.74, 6) is 0.111. The Hall–Kier alpha value is -2.12. The van der Waals surface area contributed by atoms with E-state index >= 15 is 0 Å². The van der Waals surface area contributed by atoms with Crippen molar-refractivity contribution in [2.24, 2.45) is 0 Å². The summed E-state index contributed by atoms with van der Waals surface area (Å²) in [6, 6.07) is 12.0. The van der Waals surface area contributed by atoms with Gasteiger partial charge in [-0.05, 0) is 36.8 Å². The second-order valence-electron chi connectivity index (χ2n) is 5.30. The molecule has 0 fully saturated rings. The number of nitrogens with zero attached hydrogens (tertiary/aromatic N) is 1. The number of carbonyl (C=O) groups is 1. The maximum Gasteiger partial charge on any atom is 0.256 e. The quantitative estimate of drug-likeness (QED) is 0.570. The molecule has 3 rings (SSSR count). The van der Waals surface area contributed by atoms with Gasteiger partial charge in [0.25, 0.3) is 5.22 Å². The number of oxazole rings is 1. The number of aryl methyl sites for hydroxylation is 1. The summed E-state index contributed by atoms with van der Waals surface area (Å²) >= 11 is 4.59. The van der Waals surface area contributed by atoms with Gasteiger partial charge in [0.15, 0.2) is 5.76 Å². The Labute approximate surface area is 157 Å². The first-order valence-electron chi connectivity index (χ1n) is 7.42. The van der Waals surface area contributed by atoms with Crippen molar-refractivity contribution < 1.29 is 13.6 Å². The summed E-state index contributed by atoms with van der Waals surface area (Å²) in [4.78, 5) is 16.2. The molecular weight excluding hydrogens is 407 g/mol. The highest BCUT2D eigenvalue weighted by molar-refractivity contribution is 9.10. The van der Waals surface area contributed by atoms with E-state index in [1.54, 1.807) is 19.2 Å². The molecule has 0 unspecified atom stereocenters. The number of rotatable bonds is 5. The van der Waals surface area contributed by atoms with Crippen molar-refractivity contribution in [2.45, 2.75) is 12.1 Å². The van der Waals surface area contributed by atoms with Gasteiger partial charge in [0.1, 0.15) is 5.82 Å². The van der Waals surface area contributed by atoms with Crippen LogP contribution in [0, 0.1) is 12.7 Å². The Kier molecular flexibility index (Phi) is 5.55. The molecule has 1 heterocycles. The van der Waals surface area contributed by atoms with Gasteiger partial charge in [-0.3, -0.25) is 4.79 Å². The van der Waals surface area contributed by atoms with Gasteiger partial charge in [-0.15, -0.1) is 0 Å². The fourth-order valence-corrected chi connectivity index (χ4v) is 3.14. The third-order valence-electron chi connectivity index (χ3n) is 3.39. The van der Waals surface area contributed by atoms with Crippen molar-refractivity contribution in [3.63, 3.8) is 0 Å². The van der Waals surface area contributed by atoms with Crippen molar-refractivity contribution in [2.75, 3.05) is 11.1 Å². The maximum absolute atomic E-state index is 13.3. The van der Waals surface area contributed by atoms with Crippen molar-refractivity contribution in [1.29, 1.82) is 0 Å². The second-order valence-corrected chi connectivity index (χ2v) is 7.14. The van der Waals surface area contributed by atoms with Gasteiger partial charge in [-0.1, -0.05) is 45.9 Å². The lowest BCUT2D eigenvalue weighted by atomic mass is 10.2. The Morgan fingerprint density at radius 2 is 2.16 bits per heavy atom. The van der Waals surface area contributed by atoms with Gasteiger partial charge in [0.2, 0.25) is 5.91 Å². The van der Waals surface area contributed by atoms with E-state index in [1.165, 1.54) is 23.9 Å². The number of thioether (sulfide) groups is 1. The summed E-state index contributed by atoms with van der Waals surface area (Å²) in [5, 5.41) is 3.10. The largest absolute Gasteiger partial charge is 0.431 e. The van der Waals surface area contributed by atoms with Gasteiger partial charge in [0.05, 0.1) is 11.9 Å². The molecule has 0 bridgehead atoms. The van der Waals surface area contributed by atoms with Gasteiger partial charge < -0.3 is 9.73 Å². The van der Waals surface area contributed by atoms with Crippen molar-refractivity contribution >= 4 is 39.3 Å². The molecule has 0 aliphatic carbocycles. The molecule has 0 radical (unpaired) electrons. The molecule has 1 N–H and O–H groups in total. The molecule has 128 valence electrons. The van der Waals surface area contributed by atoms with E-state index in [0.29, 0.717) is 16.7 Å². The molecular formula is C18H14BrFN2O2S. The van der Waals surface area contributed by atoms with Crippen LogP contribution in [-0.4, -0.2) is 16.6 Å². The first kappa shape index (κ1) is 17.7. The van der Waals surface area contributed by atoms with Crippen LogP contribution in [0.4, 0.5) is 10.1 Å². The van der Waals surface area contributed by atoms with Crippen LogP contribution in [0.1, 0.15) is 5.56 Å². The summed E-state index contributed by atoms with van der Waals surface area (Å²) in [7, 11) is 0. The molecule has 0 saturated heterocycles. The molecule has 0 atom stereocenters. The summed E-state index contributed by atoms with van der Waals surface area (Å²) in [6.07, 6.45) is 1.62. The highest BCUT2D eigenvalue weighted by Gasteiger charge is 2.11. The standard InChI is InChI=1S/C18H14BrFN2O2S/c1-11-5-6-14(20)8-15(11)22-17(23)10-25-18-21-9-16(24-18)12-3-2-4-13(19)7-12/h2-9H,10H2,1H3,(H,22,23). The molecule has 1 amide bonds. The lowest BCUT2D eigenvalue weighted by Gasteiger charge is -2.07. The molecule has 0 spiro atoms. The summed E-state index contributed by atoms with van der Waals surface area (Å²) < 4.78 is 19.9. The molecule has 4 nitrogen and oxygen atoms in total. The Morgan fingerprint density at radius 1 is 1.32 bits per heavy atom. The number of benzene rings is 2. The second kappa shape index (κ2) is 7.84. The van der Waals surface area contributed by atoms with E-state index in [2.05, 4.69) is 26.2 Å². The number of halogens is 2. The van der Waals surface area contributed by atoms with Crippen LogP contribution in [0.25, 0.3) is 11.3 Å². The zero-order valence-electron chi connectivity index (χ0n) is 13.3. The number of carbonyl (C=O) groups excluding carboxylic acids is 1. The third kappa shape index (κ3) is 4.70. The van der Waals surface area contributed by atoms with Crippen LogP contribution >= 0.6 is 27.7 Å². The number of anilines is 1. The fraction of sp³-hybridized carbons (Fsp3) is 0.111. The minimum Gasteiger partial charge on any atom is -0.431 e. The zero-order valence-corrected chi connectivity index (χ0v) is 15.7. The lowest BCUT2D eigenvalue weighted by Crippen LogP contribution is -2.15. The van der Waals surface area contributed by atoms with Crippen molar-refractivity contribution in [3.05, 3.63) is 64.5 Å². The third-order valence-corrected chi connectivity index (χ3v) is 4.73. The molecule has 7 heteroatoms. The highest BCUT2D eigenvalue weighted by Crippen LogP contribution is 2.27. The van der Waals surface area contributed by atoms with Crippen molar-refractivity contribution in [1.82, 2.24) is 4.98 Å². The first-order valence-corrected chi connectivity index (χ1v) is 9.20. The molecule has 2 aromatic carbocycles. The predicted molar refractivity (Wildman–Crippen MR) is 100 cm³/mol.